The molecule has 0 aliphatic carbocycles. The minimum Gasteiger partial charge on any atom is -0.306 e. The van der Waals surface area contributed by atoms with E-state index in [0.29, 0.717) is 24.3 Å². The summed E-state index contributed by atoms with van der Waals surface area (Å²) in [7, 11) is -0.451. The summed E-state index contributed by atoms with van der Waals surface area (Å²) < 4.78 is 31.3. The molecule has 0 saturated carbocycles. The number of thiophene rings is 1. The number of nitrogens with one attached hydrogen (secondary N) is 2. The molecule has 0 aromatic carbocycles. The van der Waals surface area contributed by atoms with Gasteiger partial charge in [-0.3, -0.25) is 4.68 Å². The van der Waals surface area contributed by atoms with Crippen LogP contribution in [0.4, 0.5) is 16.2 Å². The molecular weight excluding hydrogens is 412 g/mol. The number of likely N-dealkylation sites (tertiary alicyclic amines) is 1. The summed E-state index contributed by atoms with van der Waals surface area (Å²) in [6.07, 6.45) is 3.80. The maximum absolute atomic E-state index is 13.2. The lowest BCUT2D eigenvalue weighted by molar-refractivity contribution is 0.256. The van der Waals surface area contributed by atoms with Crippen molar-refractivity contribution in [3.63, 3.8) is 0 Å². The van der Waals surface area contributed by atoms with Crippen molar-refractivity contribution < 1.29 is 13.2 Å². The fourth-order valence-corrected chi connectivity index (χ4v) is 5.84. The summed E-state index contributed by atoms with van der Waals surface area (Å²) in [5.41, 5.74) is 1.08. The number of hydrogen-bond acceptors (Lipinski definition) is 6. The Hall–Kier alpha value is -2.11. The number of hydrogen-bond donors (Lipinski definition) is 2. The minimum atomic E-state index is -4.12. The van der Waals surface area contributed by atoms with Crippen LogP contribution in [0.25, 0.3) is 0 Å². The number of aryl methyl sites for hydroxylation is 2. The molecule has 11 heteroatoms. The Morgan fingerprint density at radius 2 is 2.10 bits per heavy atom. The Balaban J connectivity index is 1.82. The second-order valence-corrected chi connectivity index (χ2v) is 10.6. The van der Waals surface area contributed by atoms with Crippen LogP contribution in [-0.2, 0) is 17.3 Å². The Labute approximate surface area is 175 Å². The normalized spacial score (nSPS) is 17.7. The zero-order valence-electron chi connectivity index (χ0n) is 17.3. The van der Waals surface area contributed by atoms with Gasteiger partial charge in [-0.05, 0) is 38.9 Å². The largest absolute Gasteiger partial charge is 0.334 e. The second kappa shape index (κ2) is 8.33. The lowest BCUT2D eigenvalue weighted by Gasteiger charge is -2.28. The van der Waals surface area contributed by atoms with Crippen molar-refractivity contribution in [2.45, 2.75) is 39.2 Å². The van der Waals surface area contributed by atoms with Crippen LogP contribution in [0.15, 0.2) is 18.5 Å². The van der Waals surface area contributed by atoms with Crippen LogP contribution in [0.2, 0.25) is 0 Å². The number of carbonyl (C=O) groups is 1. The Morgan fingerprint density at radius 3 is 2.66 bits per heavy atom. The molecule has 0 spiro atoms. The number of nitrogens with zero attached hydrogens (tertiary/aromatic N) is 4. The predicted molar refractivity (Wildman–Crippen MR) is 116 cm³/mol. The SMILES string of the molecule is Cc1cc(NC(=O)NS(=O)(=O)N(c2cnn(C)c2)[C@@H]2CCN(C)C2)c(C(C)C)s1. The summed E-state index contributed by atoms with van der Waals surface area (Å²) in [5.74, 6) is 0.224. The third-order valence-electron chi connectivity index (χ3n) is 4.78. The van der Waals surface area contributed by atoms with Gasteiger partial charge in [-0.2, -0.15) is 13.5 Å². The fraction of sp³-hybridized carbons (Fsp3) is 0.556. The van der Waals surface area contributed by atoms with Crippen LogP contribution in [0.1, 0.15) is 35.9 Å². The van der Waals surface area contributed by atoms with Gasteiger partial charge in [0.1, 0.15) is 0 Å². The molecule has 2 N–H and O–H groups in total. The monoisotopic (exact) mass is 440 g/mol. The first kappa shape index (κ1) is 21.6. The standard InChI is InChI=1S/C18H28N6O3S2/c1-12(2)17-16(8-13(3)28-17)20-18(25)21-29(26,27)24(14-6-7-22(4)10-14)15-9-19-23(5)11-15/h8-9,11-12,14H,6-7,10H2,1-5H3,(H2,20,21,25)/t14-/m1/s1. The number of anilines is 2. The third kappa shape index (κ3) is 4.90. The van der Waals surface area contributed by atoms with Crippen molar-refractivity contribution in [1.82, 2.24) is 19.4 Å². The maximum atomic E-state index is 13.2. The van der Waals surface area contributed by atoms with Crippen LogP contribution in [0.5, 0.6) is 0 Å². The number of amides is 2. The van der Waals surface area contributed by atoms with Crippen LogP contribution >= 0.6 is 11.3 Å². The van der Waals surface area contributed by atoms with Gasteiger partial charge in [-0.1, -0.05) is 13.8 Å². The quantitative estimate of drug-likeness (QED) is 0.719. The Morgan fingerprint density at radius 1 is 1.38 bits per heavy atom. The van der Waals surface area contributed by atoms with E-state index in [4.69, 9.17) is 0 Å². The molecule has 29 heavy (non-hydrogen) atoms. The highest BCUT2D eigenvalue weighted by Gasteiger charge is 2.36. The Bertz CT molecular complexity index is 982. The lowest BCUT2D eigenvalue weighted by Crippen LogP contribution is -2.50. The van der Waals surface area contributed by atoms with Gasteiger partial charge < -0.3 is 10.2 Å². The molecule has 1 atom stereocenters. The molecule has 3 heterocycles. The van der Waals surface area contributed by atoms with Crippen molar-refractivity contribution in [2.24, 2.45) is 7.05 Å². The highest BCUT2D eigenvalue weighted by molar-refractivity contribution is 7.91. The number of likely N-dealkylation sites (N-methyl/N-ethyl adjacent to an activating group) is 1. The van der Waals surface area contributed by atoms with Crippen molar-refractivity contribution in [2.75, 3.05) is 29.8 Å². The molecule has 0 unspecified atom stereocenters. The van der Waals surface area contributed by atoms with Crippen LogP contribution in [0, 0.1) is 6.92 Å². The third-order valence-corrected chi connectivity index (χ3v) is 7.60. The molecule has 1 aliphatic rings. The van der Waals surface area contributed by atoms with Gasteiger partial charge >= 0.3 is 16.2 Å². The van der Waals surface area contributed by atoms with Gasteiger partial charge in [-0.15, -0.1) is 11.3 Å². The van der Waals surface area contributed by atoms with E-state index in [2.05, 4.69) is 20.0 Å². The van der Waals surface area contributed by atoms with E-state index in [9.17, 15) is 13.2 Å². The van der Waals surface area contributed by atoms with Gasteiger partial charge in [-0.25, -0.2) is 13.8 Å². The highest BCUT2D eigenvalue weighted by atomic mass is 32.2. The van der Waals surface area contributed by atoms with Crippen molar-refractivity contribution in [3.8, 4) is 0 Å². The second-order valence-electron chi connectivity index (χ2n) is 7.72. The zero-order chi connectivity index (χ0) is 21.3. The van der Waals surface area contributed by atoms with Crippen LogP contribution in [-0.4, -0.2) is 55.3 Å². The smallest absolute Gasteiger partial charge is 0.306 e. The van der Waals surface area contributed by atoms with Gasteiger partial charge in [0.2, 0.25) is 0 Å². The van der Waals surface area contributed by atoms with Crippen LogP contribution in [0.3, 0.4) is 0 Å². The minimum absolute atomic E-state index is 0.224. The topological polar surface area (TPSA) is 99.6 Å². The van der Waals surface area contributed by atoms with E-state index in [-0.39, 0.29) is 12.0 Å². The van der Waals surface area contributed by atoms with E-state index < -0.39 is 16.2 Å². The van der Waals surface area contributed by atoms with Gasteiger partial charge in [0.15, 0.2) is 0 Å². The molecule has 2 aromatic heterocycles. The molecule has 2 amide bonds. The van der Waals surface area contributed by atoms with E-state index in [1.807, 2.05) is 33.9 Å². The van der Waals surface area contributed by atoms with Crippen molar-refractivity contribution >= 4 is 39.0 Å². The molecular formula is C18H28N6O3S2. The zero-order valence-corrected chi connectivity index (χ0v) is 19.0. The van der Waals surface area contributed by atoms with E-state index in [1.165, 1.54) is 10.5 Å². The summed E-state index contributed by atoms with van der Waals surface area (Å²) in [4.78, 5) is 16.7. The summed E-state index contributed by atoms with van der Waals surface area (Å²) in [6, 6.07) is 0.811. The first-order valence-electron chi connectivity index (χ1n) is 9.47. The average molecular weight is 441 g/mol. The number of rotatable bonds is 6. The predicted octanol–water partition coefficient (Wildman–Crippen LogP) is 2.49. The summed E-state index contributed by atoms with van der Waals surface area (Å²) in [5, 5.41) is 6.80. The lowest BCUT2D eigenvalue weighted by atomic mass is 10.1. The van der Waals surface area contributed by atoms with Crippen LogP contribution < -0.4 is 14.3 Å². The number of aromatic nitrogens is 2. The molecule has 1 fully saturated rings. The summed E-state index contributed by atoms with van der Waals surface area (Å²) >= 11 is 1.59. The number of carbonyl (C=O) groups excluding carboxylic acids is 1. The Kier molecular flexibility index (Phi) is 6.20. The summed E-state index contributed by atoms with van der Waals surface area (Å²) in [6.45, 7) is 7.39. The molecule has 2 aromatic rings. The molecule has 160 valence electrons. The van der Waals surface area contributed by atoms with Gasteiger partial charge in [0.05, 0.1) is 23.6 Å². The van der Waals surface area contributed by atoms with E-state index >= 15 is 0 Å². The molecule has 3 rings (SSSR count). The fourth-order valence-electron chi connectivity index (χ4n) is 3.54. The van der Waals surface area contributed by atoms with Gasteiger partial charge in [0, 0.05) is 29.5 Å². The average Bonchev–Trinajstić information content (AvgIpc) is 3.28. The molecule has 1 aliphatic heterocycles. The van der Waals surface area contributed by atoms with Crippen molar-refractivity contribution in [1.29, 1.82) is 0 Å². The van der Waals surface area contributed by atoms with Gasteiger partial charge in [0.25, 0.3) is 0 Å². The molecule has 1 saturated heterocycles. The van der Waals surface area contributed by atoms with Crippen molar-refractivity contribution in [3.05, 3.63) is 28.2 Å². The molecule has 0 bridgehead atoms. The molecule has 0 radical (unpaired) electrons. The highest BCUT2D eigenvalue weighted by Crippen LogP contribution is 2.33. The first-order valence-corrected chi connectivity index (χ1v) is 11.7. The van der Waals surface area contributed by atoms with E-state index in [1.54, 1.807) is 29.3 Å². The molecule has 9 nitrogen and oxygen atoms in total. The maximum Gasteiger partial charge on any atom is 0.334 e. The van der Waals surface area contributed by atoms with E-state index in [0.717, 1.165) is 16.3 Å². The number of urea groups is 1. The first-order chi connectivity index (χ1) is 13.6.